The molecule has 2 aliphatic rings. The first kappa shape index (κ1) is 41.0. The lowest BCUT2D eigenvalue weighted by atomic mass is 9.86. The quantitative estimate of drug-likeness (QED) is 0.0717. The maximum atomic E-state index is 13.4. The maximum absolute atomic E-state index is 13.4. The van der Waals surface area contributed by atoms with Gasteiger partial charge in [-0.2, -0.15) is 9.61 Å². The molecule has 2 saturated heterocycles. The molecular formula is C42H62N6O5Si2. The Morgan fingerprint density at radius 3 is 2.02 bits per heavy atom. The minimum Gasteiger partial charge on any atom is -0.444 e. The fourth-order valence-electron chi connectivity index (χ4n) is 7.66. The second-order valence-corrected chi connectivity index (χ2v) is 30.0. The van der Waals surface area contributed by atoms with Gasteiger partial charge < -0.3 is 29.1 Å². The number of aliphatic hydroxyl groups excluding tert-OH is 1. The molecule has 5 heterocycles. The second kappa shape index (κ2) is 16.8. The van der Waals surface area contributed by atoms with E-state index in [2.05, 4.69) is 62.4 Å². The fraction of sp³-hybridized carbons (Fsp3) is 0.571. The van der Waals surface area contributed by atoms with Crippen molar-refractivity contribution in [1.82, 2.24) is 24.5 Å². The van der Waals surface area contributed by atoms with E-state index < -0.39 is 21.7 Å². The molecule has 0 saturated carbocycles. The number of hydrogen-bond acceptors (Lipinski definition) is 9. The SMILES string of the molecule is CC(C)(C)OC(=O)N1[C@@H]2CC[C@H]1C[C@@H](c1nc3c(-c4ccc(-c5ccccc5)nc4)cnn3c(N(COCC[Si](C)(C)C)COCC[Si](C)(C)C)c1CO)C2. The number of anilines is 1. The van der Waals surface area contributed by atoms with Crippen LogP contribution < -0.4 is 4.90 Å². The zero-order valence-corrected chi connectivity index (χ0v) is 36.5. The minimum absolute atomic E-state index is 0.0193. The van der Waals surface area contributed by atoms with Gasteiger partial charge in [0.05, 0.1) is 24.2 Å². The molecule has 298 valence electrons. The Kier molecular flexibility index (Phi) is 12.6. The molecule has 0 spiro atoms. The largest absolute Gasteiger partial charge is 0.444 e. The average molecular weight is 787 g/mol. The molecule has 1 N–H and O–H groups in total. The topological polar surface area (TPSA) is 115 Å². The van der Waals surface area contributed by atoms with Gasteiger partial charge in [0.1, 0.15) is 24.9 Å². The third-order valence-corrected chi connectivity index (χ3v) is 14.0. The lowest BCUT2D eigenvalue weighted by molar-refractivity contribution is 0.00561. The van der Waals surface area contributed by atoms with E-state index in [0.29, 0.717) is 18.9 Å². The normalized spacial score (nSPS) is 18.9. The number of aromatic nitrogens is 4. The molecule has 3 atom stereocenters. The Hall–Kier alpha value is -3.63. The highest BCUT2D eigenvalue weighted by Gasteiger charge is 2.46. The van der Waals surface area contributed by atoms with Gasteiger partial charge in [-0.1, -0.05) is 75.7 Å². The van der Waals surface area contributed by atoms with Gasteiger partial charge in [-0.25, -0.2) is 9.78 Å². The number of carbonyl (C=O) groups excluding carboxylic acids is 1. The number of amides is 1. The first-order valence-electron chi connectivity index (χ1n) is 20.0. The van der Waals surface area contributed by atoms with Crippen LogP contribution in [-0.2, 0) is 20.8 Å². The number of rotatable bonds is 15. The number of aliphatic hydroxyl groups is 1. The van der Waals surface area contributed by atoms with Crippen molar-refractivity contribution in [3.63, 3.8) is 0 Å². The lowest BCUT2D eigenvalue weighted by Gasteiger charge is -2.40. The molecule has 6 rings (SSSR count). The Morgan fingerprint density at radius 2 is 1.49 bits per heavy atom. The van der Waals surface area contributed by atoms with E-state index in [1.54, 1.807) is 0 Å². The molecule has 1 amide bonds. The summed E-state index contributed by atoms with van der Waals surface area (Å²) in [6.07, 6.45) is 6.81. The van der Waals surface area contributed by atoms with Crippen LogP contribution in [0.15, 0.2) is 54.9 Å². The molecule has 0 radical (unpaired) electrons. The molecule has 2 bridgehead atoms. The van der Waals surface area contributed by atoms with Crippen LogP contribution in [0, 0.1) is 0 Å². The molecule has 13 heteroatoms. The van der Waals surface area contributed by atoms with Gasteiger partial charge in [-0.15, -0.1) is 0 Å². The van der Waals surface area contributed by atoms with Crippen LogP contribution in [-0.4, -0.2) is 96.2 Å². The van der Waals surface area contributed by atoms with Gasteiger partial charge in [0, 0.05) is 75.8 Å². The number of ether oxygens (including phenoxy) is 3. The standard InChI is InChI=1S/C42H62N6O5Si2/c1-42(2,3)53-41(50)47-33-16-17-34(47)24-32(23-33)38-36(27-49)40(46(28-51-19-21-54(4,5)6)29-52-20-22-55(7,8)9)48-39(45-38)35(26-44-48)31-15-18-37(43-25-31)30-13-11-10-12-14-30/h10-15,18,25-26,32-34,49H,16-17,19-24,27-29H2,1-9H3/t32-,33+,34-. The average Bonchev–Trinajstić information content (AvgIpc) is 3.66. The number of hydrogen-bond donors (Lipinski definition) is 1. The Morgan fingerprint density at radius 1 is 0.873 bits per heavy atom. The first-order chi connectivity index (χ1) is 26.0. The minimum atomic E-state index is -1.33. The summed E-state index contributed by atoms with van der Waals surface area (Å²) in [5, 5.41) is 16.2. The van der Waals surface area contributed by atoms with E-state index in [-0.39, 0.29) is 44.2 Å². The van der Waals surface area contributed by atoms with Crippen molar-refractivity contribution >= 4 is 33.7 Å². The molecular weight excluding hydrogens is 725 g/mol. The summed E-state index contributed by atoms with van der Waals surface area (Å²) >= 11 is 0. The van der Waals surface area contributed by atoms with Crippen LogP contribution in [0.5, 0.6) is 0 Å². The first-order valence-corrected chi connectivity index (χ1v) is 27.4. The van der Waals surface area contributed by atoms with Crippen molar-refractivity contribution in [2.45, 2.75) is 128 Å². The molecule has 11 nitrogen and oxygen atoms in total. The van der Waals surface area contributed by atoms with Gasteiger partial charge in [-0.05, 0) is 64.6 Å². The highest BCUT2D eigenvalue weighted by molar-refractivity contribution is 6.76. The number of nitrogens with zero attached hydrogens (tertiary/aromatic N) is 6. The van der Waals surface area contributed by atoms with E-state index in [1.807, 2.05) is 66.8 Å². The number of fused-ring (bicyclic) bond motifs is 3. The van der Waals surface area contributed by atoms with Gasteiger partial charge >= 0.3 is 6.09 Å². The zero-order chi connectivity index (χ0) is 39.5. The van der Waals surface area contributed by atoms with Crippen molar-refractivity contribution in [3.8, 4) is 22.4 Å². The molecule has 4 aromatic rings. The summed E-state index contributed by atoms with van der Waals surface area (Å²) in [5.74, 6) is 0.747. The van der Waals surface area contributed by atoms with E-state index in [4.69, 9.17) is 29.3 Å². The molecule has 1 aromatic carbocycles. The maximum Gasteiger partial charge on any atom is 0.410 e. The smallest absolute Gasteiger partial charge is 0.410 e. The summed E-state index contributed by atoms with van der Waals surface area (Å²) < 4.78 is 20.5. The predicted octanol–water partition coefficient (Wildman–Crippen LogP) is 9.03. The van der Waals surface area contributed by atoms with Gasteiger partial charge in [0.15, 0.2) is 5.65 Å². The van der Waals surface area contributed by atoms with Crippen LogP contribution in [0.4, 0.5) is 10.6 Å². The molecule has 2 aliphatic heterocycles. The third-order valence-electron chi connectivity index (χ3n) is 10.6. The fourth-order valence-corrected chi connectivity index (χ4v) is 9.17. The van der Waals surface area contributed by atoms with Crippen molar-refractivity contribution in [2.75, 3.05) is 31.6 Å². The van der Waals surface area contributed by atoms with Crippen molar-refractivity contribution in [1.29, 1.82) is 0 Å². The zero-order valence-electron chi connectivity index (χ0n) is 34.5. The Bertz CT molecular complexity index is 1870. The van der Waals surface area contributed by atoms with E-state index in [1.165, 1.54) is 0 Å². The summed E-state index contributed by atoms with van der Waals surface area (Å²) in [7, 11) is -2.66. The van der Waals surface area contributed by atoms with Crippen molar-refractivity contribution in [3.05, 3.63) is 66.1 Å². The van der Waals surface area contributed by atoms with Crippen LogP contribution in [0.25, 0.3) is 28.0 Å². The Balaban J connectivity index is 1.42. The summed E-state index contributed by atoms with van der Waals surface area (Å²) in [4.78, 5) is 27.7. The molecule has 0 unspecified atom stereocenters. The summed E-state index contributed by atoms with van der Waals surface area (Å²) in [6.45, 7) is 21.5. The van der Waals surface area contributed by atoms with E-state index in [9.17, 15) is 9.90 Å². The number of piperidine rings is 1. The molecule has 3 aromatic heterocycles. The van der Waals surface area contributed by atoms with Gasteiger partial charge in [-0.3, -0.25) is 4.98 Å². The monoisotopic (exact) mass is 786 g/mol. The Labute approximate surface area is 329 Å². The summed E-state index contributed by atoms with van der Waals surface area (Å²) in [6, 6.07) is 16.4. The number of carbonyl (C=O) groups is 1. The third kappa shape index (κ3) is 10.2. The lowest BCUT2D eigenvalue weighted by Crippen LogP contribution is -2.48. The predicted molar refractivity (Wildman–Crippen MR) is 225 cm³/mol. The van der Waals surface area contributed by atoms with E-state index in [0.717, 1.165) is 77.2 Å². The van der Waals surface area contributed by atoms with Gasteiger partial charge in [0.2, 0.25) is 0 Å². The second-order valence-electron chi connectivity index (χ2n) is 18.7. The molecule has 55 heavy (non-hydrogen) atoms. The van der Waals surface area contributed by atoms with Crippen molar-refractivity contribution < 1.29 is 24.1 Å². The van der Waals surface area contributed by atoms with Crippen LogP contribution in [0.2, 0.25) is 51.4 Å². The molecule has 2 fully saturated rings. The van der Waals surface area contributed by atoms with Crippen LogP contribution in [0.1, 0.15) is 63.6 Å². The van der Waals surface area contributed by atoms with Gasteiger partial charge in [0.25, 0.3) is 0 Å². The number of benzene rings is 1. The van der Waals surface area contributed by atoms with Crippen LogP contribution >= 0.6 is 0 Å². The van der Waals surface area contributed by atoms with Crippen LogP contribution in [0.3, 0.4) is 0 Å². The van der Waals surface area contributed by atoms with E-state index >= 15 is 0 Å². The molecule has 0 aliphatic carbocycles. The highest BCUT2D eigenvalue weighted by Crippen LogP contribution is 2.46. The highest BCUT2D eigenvalue weighted by atomic mass is 28.3. The number of pyridine rings is 1. The van der Waals surface area contributed by atoms with Crippen molar-refractivity contribution in [2.24, 2.45) is 0 Å². The summed E-state index contributed by atoms with van der Waals surface area (Å²) in [5.41, 5.74) is 5.38.